The smallest absolute Gasteiger partial charge is 0.185 e. The molecule has 0 fully saturated rings. The molecule has 0 saturated carbocycles. The zero-order valence-corrected chi connectivity index (χ0v) is 29.0. The number of aryl methyl sites for hydroxylation is 2. The van der Waals surface area contributed by atoms with Crippen molar-refractivity contribution < 1.29 is 5.11 Å². The molecule has 1 aromatic carbocycles. The Hall–Kier alpha value is -0.630. The van der Waals surface area contributed by atoms with Crippen molar-refractivity contribution in [3.63, 3.8) is 0 Å². The summed E-state index contributed by atoms with van der Waals surface area (Å²) in [5.41, 5.74) is 2.22. The van der Waals surface area contributed by atoms with E-state index in [2.05, 4.69) is 32.9 Å². The fourth-order valence-electron chi connectivity index (χ4n) is 6.03. The van der Waals surface area contributed by atoms with Crippen molar-refractivity contribution >= 4 is 11.8 Å². The van der Waals surface area contributed by atoms with E-state index >= 15 is 0 Å². The number of unbranched alkanes of at least 4 members (excludes halogenated alkanes) is 24. The molecule has 1 radical (unpaired) electrons. The van der Waals surface area contributed by atoms with E-state index in [4.69, 9.17) is 0 Å². The van der Waals surface area contributed by atoms with Gasteiger partial charge in [-0.25, -0.2) is 0 Å². The second-order valence-corrected chi connectivity index (χ2v) is 14.1. The van der Waals surface area contributed by atoms with E-state index in [1.165, 1.54) is 184 Å². The third kappa shape index (κ3) is 22.6. The number of hydrogen-bond donors (Lipinski definition) is 0. The van der Waals surface area contributed by atoms with Crippen LogP contribution in [0.5, 0.6) is 5.75 Å². The lowest BCUT2D eigenvalue weighted by Gasteiger charge is -2.12. The number of hydrogen-bond acceptors (Lipinski definition) is 1. The Bertz CT molecular complexity index is 639. The Morgan fingerprint density at radius 3 is 1.05 bits per heavy atom. The van der Waals surface area contributed by atoms with Gasteiger partial charge in [0.15, 0.2) is 5.75 Å². The molecule has 239 valence electrons. The molecule has 1 nitrogen and oxygen atoms in total. The standard InChI is InChI=1S/C39H71OS/c1-4-7-10-13-16-18-20-22-25-28-31-36-34-38(41-33-30-27-24-15-12-9-6-3)35-37(39(36)40)32-29-26-23-21-19-17-14-11-8-5-2/h34-35H,4-33H2,1-3H3. The summed E-state index contributed by atoms with van der Waals surface area (Å²) in [6.45, 7) is 6.87. The van der Waals surface area contributed by atoms with E-state index in [9.17, 15) is 5.11 Å². The normalized spacial score (nSPS) is 11.5. The summed E-state index contributed by atoms with van der Waals surface area (Å²) in [5.74, 6) is 1.57. The fourth-order valence-corrected chi connectivity index (χ4v) is 7.07. The first kappa shape index (κ1) is 38.4. The second kappa shape index (κ2) is 29.4. The third-order valence-electron chi connectivity index (χ3n) is 8.83. The van der Waals surface area contributed by atoms with Crippen molar-refractivity contribution in [1.82, 2.24) is 0 Å². The molecule has 2 heteroatoms. The van der Waals surface area contributed by atoms with Crippen molar-refractivity contribution in [1.29, 1.82) is 0 Å². The lowest BCUT2D eigenvalue weighted by Crippen LogP contribution is -1.95. The van der Waals surface area contributed by atoms with E-state index in [0.29, 0.717) is 5.75 Å². The number of thioether (sulfide) groups is 1. The van der Waals surface area contributed by atoms with E-state index in [-0.39, 0.29) is 0 Å². The van der Waals surface area contributed by atoms with E-state index in [1.54, 1.807) is 0 Å². The first-order valence-electron chi connectivity index (χ1n) is 18.7. The van der Waals surface area contributed by atoms with Crippen LogP contribution in [0.25, 0.3) is 0 Å². The van der Waals surface area contributed by atoms with Gasteiger partial charge < -0.3 is 0 Å². The van der Waals surface area contributed by atoms with Crippen LogP contribution in [0.3, 0.4) is 0 Å². The molecule has 0 heterocycles. The van der Waals surface area contributed by atoms with Crippen molar-refractivity contribution in [2.75, 3.05) is 5.75 Å². The van der Waals surface area contributed by atoms with Crippen LogP contribution in [0.4, 0.5) is 0 Å². The highest BCUT2D eigenvalue weighted by Gasteiger charge is 2.13. The molecule has 1 rings (SSSR count). The van der Waals surface area contributed by atoms with Crippen LogP contribution >= 0.6 is 11.8 Å². The van der Waals surface area contributed by atoms with Gasteiger partial charge in [0.1, 0.15) is 0 Å². The minimum atomic E-state index is 0.372. The van der Waals surface area contributed by atoms with E-state index in [1.807, 2.05) is 11.8 Å². The maximum atomic E-state index is 13.4. The molecule has 1 aromatic rings. The zero-order valence-electron chi connectivity index (χ0n) is 28.2. The average Bonchev–Trinajstić information content (AvgIpc) is 2.98. The molecule has 0 saturated heterocycles. The predicted molar refractivity (Wildman–Crippen MR) is 186 cm³/mol. The highest BCUT2D eigenvalue weighted by molar-refractivity contribution is 7.99. The van der Waals surface area contributed by atoms with Crippen molar-refractivity contribution in [3.8, 4) is 5.75 Å². The molecular formula is C39H71OS. The van der Waals surface area contributed by atoms with Crippen LogP contribution < -0.4 is 0 Å². The molecule has 0 bridgehead atoms. The predicted octanol–water partition coefficient (Wildman–Crippen LogP) is 14.6. The lowest BCUT2D eigenvalue weighted by atomic mass is 9.98. The SMILES string of the molecule is CCCCCCCCCCCCc1cc(SCCCCCCCCC)cc(CCCCCCCCCCCC)c1[O]. The van der Waals surface area contributed by atoms with Gasteiger partial charge in [0, 0.05) is 16.0 Å². The summed E-state index contributed by atoms with van der Waals surface area (Å²) in [5, 5.41) is 13.4. The van der Waals surface area contributed by atoms with Crippen LogP contribution in [0.1, 0.15) is 205 Å². The number of rotatable bonds is 31. The third-order valence-corrected chi connectivity index (χ3v) is 9.89. The van der Waals surface area contributed by atoms with Gasteiger partial charge in [-0.15, -0.1) is 11.8 Å². The highest BCUT2D eigenvalue weighted by atomic mass is 32.2. The van der Waals surface area contributed by atoms with E-state index < -0.39 is 0 Å². The minimum absolute atomic E-state index is 0.372. The molecule has 0 N–H and O–H groups in total. The highest BCUT2D eigenvalue weighted by Crippen LogP contribution is 2.33. The van der Waals surface area contributed by atoms with Gasteiger partial charge in [0.05, 0.1) is 0 Å². The molecule has 0 amide bonds. The summed E-state index contributed by atoms with van der Waals surface area (Å²) < 4.78 is 0. The molecule has 0 atom stereocenters. The van der Waals surface area contributed by atoms with Gasteiger partial charge >= 0.3 is 0 Å². The first-order valence-corrected chi connectivity index (χ1v) is 19.7. The van der Waals surface area contributed by atoms with Crippen LogP contribution in [0, 0.1) is 0 Å². The van der Waals surface area contributed by atoms with Crippen LogP contribution in [0.15, 0.2) is 17.0 Å². The topological polar surface area (TPSA) is 19.9 Å². The Morgan fingerprint density at radius 2 is 0.707 bits per heavy atom. The van der Waals surface area contributed by atoms with Crippen LogP contribution in [0.2, 0.25) is 0 Å². The number of benzene rings is 1. The quantitative estimate of drug-likeness (QED) is 0.0624. The summed E-state index contributed by atoms with van der Waals surface area (Å²) in [6.07, 6.45) is 38.5. The molecule has 0 unspecified atom stereocenters. The maximum Gasteiger partial charge on any atom is 0.185 e. The van der Waals surface area contributed by atoms with Gasteiger partial charge in [-0.2, -0.15) is 0 Å². The summed E-state index contributed by atoms with van der Waals surface area (Å²) in [4.78, 5) is 1.36. The van der Waals surface area contributed by atoms with Gasteiger partial charge in [-0.3, -0.25) is 5.11 Å². The zero-order chi connectivity index (χ0) is 29.6. The molecule has 41 heavy (non-hydrogen) atoms. The fraction of sp³-hybridized carbons (Fsp3) is 0.846. The maximum absolute atomic E-state index is 13.4. The lowest BCUT2D eigenvalue weighted by molar-refractivity contribution is 0.343. The molecule has 0 aromatic heterocycles. The minimum Gasteiger partial charge on any atom is -0.289 e. The van der Waals surface area contributed by atoms with Crippen LogP contribution in [-0.2, 0) is 17.9 Å². The second-order valence-electron chi connectivity index (χ2n) is 12.9. The van der Waals surface area contributed by atoms with Crippen molar-refractivity contribution in [2.45, 2.75) is 212 Å². The van der Waals surface area contributed by atoms with Crippen molar-refractivity contribution in [3.05, 3.63) is 23.3 Å². The first-order chi connectivity index (χ1) is 20.2. The van der Waals surface area contributed by atoms with Gasteiger partial charge in [0.25, 0.3) is 0 Å². The van der Waals surface area contributed by atoms with Crippen LogP contribution in [-0.4, -0.2) is 5.75 Å². The van der Waals surface area contributed by atoms with E-state index in [0.717, 1.165) is 24.0 Å². The molecule has 0 aliphatic heterocycles. The Labute approximate surface area is 262 Å². The summed E-state index contributed by atoms with van der Waals surface area (Å²) in [6, 6.07) is 4.54. The largest absolute Gasteiger partial charge is 0.289 e. The monoisotopic (exact) mass is 588 g/mol. The molecule has 0 aliphatic carbocycles. The van der Waals surface area contributed by atoms with Crippen molar-refractivity contribution in [2.24, 2.45) is 0 Å². The summed E-state index contributed by atoms with van der Waals surface area (Å²) >= 11 is 2.00. The Morgan fingerprint density at radius 1 is 0.415 bits per heavy atom. The Balaban J connectivity index is 2.46. The molecule has 0 aliphatic rings. The average molecular weight is 588 g/mol. The van der Waals surface area contributed by atoms with Gasteiger partial charge in [-0.1, -0.05) is 175 Å². The van der Waals surface area contributed by atoms with Gasteiger partial charge in [-0.05, 0) is 50.0 Å². The molecule has 0 spiro atoms. The molecular weight excluding hydrogens is 516 g/mol. The summed E-state index contributed by atoms with van der Waals surface area (Å²) in [7, 11) is 0. The van der Waals surface area contributed by atoms with Gasteiger partial charge in [0.2, 0.25) is 0 Å². The Kier molecular flexibility index (Phi) is 27.6.